The predicted octanol–water partition coefficient (Wildman–Crippen LogP) is 1.64. The van der Waals surface area contributed by atoms with E-state index in [1.165, 1.54) is 0 Å². The highest BCUT2D eigenvalue weighted by atomic mass is 16.4. The van der Waals surface area contributed by atoms with Crippen molar-refractivity contribution in [3.05, 3.63) is 0 Å². The molecule has 0 amide bonds. The molecule has 0 aliphatic heterocycles. The van der Waals surface area contributed by atoms with Crippen molar-refractivity contribution in [2.24, 2.45) is 16.6 Å². The summed E-state index contributed by atoms with van der Waals surface area (Å²) in [6.45, 7) is 4.26. The van der Waals surface area contributed by atoms with Crippen molar-refractivity contribution in [1.82, 2.24) is 0 Å². The number of aliphatic imine (C=N–C) groups is 1. The Morgan fingerprint density at radius 2 is 2.07 bits per heavy atom. The fourth-order valence-corrected chi connectivity index (χ4v) is 1.12. The largest absolute Gasteiger partial charge is 0.481 e. The summed E-state index contributed by atoms with van der Waals surface area (Å²) in [7, 11) is 0. The number of carboxylic acids is 1. The van der Waals surface area contributed by atoms with E-state index in [9.17, 15) is 4.79 Å². The zero-order valence-electron chi connectivity index (χ0n) is 8.99. The van der Waals surface area contributed by atoms with Gasteiger partial charge in [-0.2, -0.15) is 0 Å². The quantitative estimate of drug-likeness (QED) is 0.372. The van der Waals surface area contributed by atoms with Gasteiger partial charge in [0.1, 0.15) is 0 Å². The van der Waals surface area contributed by atoms with Gasteiger partial charge in [0.05, 0.1) is 11.8 Å². The first-order valence-electron chi connectivity index (χ1n) is 5.03. The molecule has 1 atom stereocenters. The molecule has 4 heteroatoms. The van der Waals surface area contributed by atoms with Crippen molar-refractivity contribution < 1.29 is 9.90 Å². The van der Waals surface area contributed by atoms with Crippen LogP contribution < -0.4 is 5.73 Å². The van der Waals surface area contributed by atoms with Crippen LogP contribution >= 0.6 is 0 Å². The van der Waals surface area contributed by atoms with Crippen molar-refractivity contribution in [3.63, 3.8) is 0 Å². The molecule has 0 bridgehead atoms. The van der Waals surface area contributed by atoms with Crippen LogP contribution in [-0.4, -0.2) is 23.5 Å². The van der Waals surface area contributed by atoms with Gasteiger partial charge < -0.3 is 10.8 Å². The third kappa shape index (κ3) is 7.58. The topological polar surface area (TPSA) is 75.7 Å². The van der Waals surface area contributed by atoms with E-state index in [4.69, 9.17) is 10.8 Å². The number of nitrogens with two attached hydrogens (primary N) is 1. The van der Waals surface area contributed by atoms with Gasteiger partial charge in [-0.15, -0.1) is 0 Å². The van der Waals surface area contributed by atoms with Crippen molar-refractivity contribution in [1.29, 1.82) is 0 Å². The highest BCUT2D eigenvalue weighted by molar-refractivity contribution is 5.77. The average Bonchev–Trinajstić information content (AvgIpc) is 2.09. The number of hydrogen-bond donors (Lipinski definition) is 2. The molecule has 0 spiro atoms. The molecule has 0 heterocycles. The van der Waals surface area contributed by atoms with E-state index >= 15 is 0 Å². The molecule has 0 aromatic heterocycles. The minimum atomic E-state index is -0.708. The van der Waals surface area contributed by atoms with Gasteiger partial charge in [0.25, 0.3) is 0 Å². The summed E-state index contributed by atoms with van der Waals surface area (Å²) in [6.07, 6.45) is 3.71. The van der Waals surface area contributed by atoms with Gasteiger partial charge in [-0.1, -0.05) is 19.8 Å². The second-order valence-corrected chi connectivity index (χ2v) is 3.61. The van der Waals surface area contributed by atoms with Crippen molar-refractivity contribution in [2.75, 3.05) is 6.54 Å². The maximum Gasteiger partial charge on any atom is 0.306 e. The number of amidine groups is 1. The van der Waals surface area contributed by atoms with E-state index < -0.39 is 5.97 Å². The van der Waals surface area contributed by atoms with Crippen LogP contribution in [0.15, 0.2) is 4.99 Å². The summed E-state index contributed by atoms with van der Waals surface area (Å²) < 4.78 is 0. The Hall–Kier alpha value is -1.06. The molecule has 0 saturated carbocycles. The van der Waals surface area contributed by atoms with Crippen molar-refractivity contribution in [2.45, 2.75) is 39.5 Å². The molecular formula is C10H20N2O2. The maximum atomic E-state index is 10.5. The van der Waals surface area contributed by atoms with Crippen LogP contribution in [0.2, 0.25) is 0 Å². The number of nitrogens with zero attached hydrogens (tertiary/aromatic N) is 1. The molecule has 0 rings (SSSR count). The number of hydrogen-bond acceptors (Lipinski definition) is 2. The summed E-state index contributed by atoms with van der Waals surface area (Å²) in [5, 5.41) is 8.62. The summed E-state index contributed by atoms with van der Waals surface area (Å²) in [4.78, 5) is 14.5. The van der Waals surface area contributed by atoms with Gasteiger partial charge >= 0.3 is 5.97 Å². The monoisotopic (exact) mass is 200 g/mol. The third-order valence-electron chi connectivity index (χ3n) is 2.08. The third-order valence-corrected chi connectivity index (χ3v) is 2.08. The first kappa shape index (κ1) is 12.9. The average molecular weight is 200 g/mol. The minimum absolute atomic E-state index is 0.227. The van der Waals surface area contributed by atoms with Crippen LogP contribution in [0.5, 0.6) is 0 Å². The lowest BCUT2D eigenvalue weighted by atomic mass is 10.0. The van der Waals surface area contributed by atoms with Crippen LogP contribution in [0, 0.1) is 5.92 Å². The van der Waals surface area contributed by atoms with E-state index in [-0.39, 0.29) is 5.92 Å². The number of rotatable bonds is 7. The second kappa shape index (κ2) is 7.35. The van der Waals surface area contributed by atoms with E-state index in [0.717, 1.165) is 32.2 Å². The molecule has 0 aliphatic rings. The van der Waals surface area contributed by atoms with Gasteiger partial charge in [-0.25, -0.2) is 0 Å². The molecule has 0 aliphatic carbocycles. The van der Waals surface area contributed by atoms with Crippen LogP contribution in [0.3, 0.4) is 0 Å². The van der Waals surface area contributed by atoms with Gasteiger partial charge in [0.15, 0.2) is 0 Å². The van der Waals surface area contributed by atoms with Gasteiger partial charge in [0, 0.05) is 6.54 Å². The smallest absolute Gasteiger partial charge is 0.306 e. The minimum Gasteiger partial charge on any atom is -0.481 e. The standard InChI is InChI=1S/C10H20N2O2/c1-8(10(13)14)6-4-3-5-7-12-9(2)11/h8H,3-7H2,1-2H3,(H2,11,12)(H,13,14). The van der Waals surface area contributed by atoms with Crippen LogP contribution in [0.4, 0.5) is 0 Å². The van der Waals surface area contributed by atoms with Crippen LogP contribution in [0.1, 0.15) is 39.5 Å². The van der Waals surface area contributed by atoms with Crippen molar-refractivity contribution >= 4 is 11.8 Å². The molecule has 14 heavy (non-hydrogen) atoms. The molecule has 4 nitrogen and oxygen atoms in total. The number of carbonyl (C=O) groups is 1. The normalized spacial score (nSPS) is 14.0. The fraction of sp³-hybridized carbons (Fsp3) is 0.800. The van der Waals surface area contributed by atoms with Crippen LogP contribution in [0.25, 0.3) is 0 Å². The highest BCUT2D eigenvalue weighted by Gasteiger charge is 2.09. The molecule has 0 fully saturated rings. The first-order chi connectivity index (χ1) is 6.54. The Morgan fingerprint density at radius 3 is 2.57 bits per heavy atom. The maximum absolute atomic E-state index is 10.5. The van der Waals surface area contributed by atoms with E-state index in [0.29, 0.717) is 5.84 Å². The Bertz CT molecular complexity index is 198. The van der Waals surface area contributed by atoms with Crippen LogP contribution in [-0.2, 0) is 4.79 Å². The van der Waals surface area contributed by atoms with E-state index in [1.807, 2.05) is 0 Å². The summed E-state index contributed by atoms with van der Waals surface area (Å²) >= 11 is 0. The van der Waals surface area contributed by atoms with Gasteiger partial charge in [-0.05, 0) is 19.8 Å². The molecular weight excluding hydrogens is 180 g/mol. The summed E-state index contributed by atoms with van der Waals surface area (Å²) in [6, 6.07) is 0. The zero-order valence-corrected chi connectivity index (χ0v) is 8.99. The molecule has 0 aromatic rings. The number of carboxylic acid groups (broad SMARTS) is 1. The highest BCUT2D eigenvalue weighted by Crippen LogP contribution is 2.09. The first-order valence-corrected chi connectivity index (χ1v) is 5.03. The van der Waals surface area contributed by atoms with Crippen molar-refractivity contribution in [3.8, 4) is 0 Å². The second-order valence-electron chi connectivity index (χ2n) is 3.61. The van der Waals surface area contributed by atoms with Gasteiger partial charge in [0.2, 0.25) is 0 Å². The fourth-order valence-electron chi connectivity index (χ4n) is 1.12. The molecule has 82 valence electrons. The number of aliphatic carboxylic acids is 1. The zero-order chi connectivity index (χ0) is 11.0. The summed E-state index contributed by atoms with van der Waals surface area (Å²) in [5.74, 6) is -0.320. The lowest BCUT2D eigenvalue weighted by Gasteiger charge is -2.04. The lowest BCUT2D eigenvalue weighted by Crippen LogP contribution is -2.09. The van der Waals surface area contributed by atoms with E-state index in [2.05, 4.69) is 4.99 Å². The Morgan fingerprint density at radius 1 is 1.43 bits per heavy atom. The molecule has 3 N–H and O–H groups in total. The Kier molecular flexibility index (Phi) is 6.80. The predicted molar refractivity (Wildman–Crippen MR) is 57.4 cm³/mol. The Balaban J connectivity index is 3.30. The Labute approximate surface area is 85.2 Å². The van der Waals surface area contributed by atoms with E-state index in [1.54, 1.807) is 13.8 Å². The number of unbranched alkanes of at least 4 members (excludes halogenated alkanes) is 2. The molecule has 0 aromatic carbocycles. The SMILES string of the molecule is CC(N)=NCCCCCC(C)C(=O)O. The molecule has 0 radical (unpaired) electrons. The summed E-state index contributed by atoms with van der Waals surface area (Å²) in [5.41, 5.74) is 5.37. The lowest BCUT2D eigenvalue weighted by molar-refractivity contribution is -0.141. The molecule has 1 unspecified atom stereocenters. The van der Waals surface area contributed by atoms with Gasteiger partial charge in [-0.3, -0.25) is 9.79 Å². The molecule has 0 saturated heterocycles.